The van der Waals surface area contributed by atoms with Gasteiger partial charge in [0.1, 0.15) is 0 Å². The van der Waals surface area contributed by atoms with Crippen molar-refractivity contribution in [2.24, 2.45) is 5.41 Å². The highest BCUT2D eigenvalue weighted by Crippen LogP contribution is 2.21. The van der Waals surface area contributed by atoms with E-state index in [2.05, 4.69) is 28.6 Å². The minimum absolute atomic E-state index is 0.207. The molecule has 94 valence electrons. The van der Waals surface area contributed by atoms with Crippen LogP contribution in [0.2, 0.25) is 0 Å². The maximum atomic E-state index is 11.8. The summed E-state index contributed by atoms with van der Waals surface area (Å²) in [6.07, 6.45) is 1.56. The van der Waals surface area contributed by atoms with Gasteiger partial charge in [0.15, 0.2) is 0 Å². The number of halogens is 1. The molecule has 0 fully saturated rings. The van der Waals surface area contributed by atoms with Crippen molar-refractivity contribution in [1.82, 2.24) is 4.57 Å². The largest absolute Gasteiger partial charge is 0.335 e. The Hall–Kier alpha value is -0.820. The molecule has 0 atom stereocenters. The van der Waals surface area contributed by atoms with Crippen LogP contribution in [0.4, 0.5) is 5.69 Å². The van der Waals surface area contributed by atoms with Gasteiger partial charge in [-0.1, -0.05) is 13.8 Å². The molecule has 0 aliphatic carbocycles. The molecule has 0 N–H and O–H groups in total. The summed E-state index contributed by atoms with van der Waals surface area (Å²) in [5.74, 6) is 0.583. The fraction of sp³-hybridized carbons (Fsp3) is 0.500. The zero-order chi connectivity index (χ0) is 13.2. The summed E-state index contributed by atoms with van der Waals surface area (Å²) in [6.45, 7) is 4.27. The smallest absolute Gasteiger partial charge is 0.308 e. The second kappa shape index (κ2) is 5.22. The minimum atomic E-state index is -0.669. The van der Waals surface area contributed by atoms with E-state index in [4.69, 9.17) is 0 Å². The van der Waals surface area contributed by atoms with Gasteiger partial charge in [0.25, 0.3) is 0 Å². The van der Waals surface area contributed by atoms with Gasteiger partial charge in [0.05, 0.1) is 4.92 Å². The standard InChI is InChI=1S/C10H13BrN2O3S/c1-10(2,6-17)5-12-4-7(11)3-8(9(12)14)13(15)16/h3-4,17H,5-6H2,1-2H3. The van der Waals surface area contributed by atoms with Crippen LogP contribution in [0.1, 0.15) is 13.8 Å². The average molecular weight is 321 g/mol. The fourth-order valence-corrected chi connectivity index (χ4v) is 1.91. The lowest BCUT2D eigenvalue weighted by Crippen LogP contribution is -2.30. The monoisotopic (exact) mass is 320 g/mol. The molecule has 0 aliphatic rings. The van der Waals surface area contributed by atoms with Gasteiger partial charge in [-0.3, -0.25) is 14.9 Å². The summed E-state index contributed by atoms with van der Waals surface area (Å²) in [6, 6.07) is 1.21. The van der Waals surface area contributed by atoms with E-state index in [-0.39, 0.29) is 5.41 Å². The van der Waals surface area contributed by atoms with E-state index < -0.39 is 16.2 Å². The first-order valence-electron chi connectivity index (χ1n) is 4.92. The van der Waals surface area contributed by atoms with E-state index in [0.717, 1.165) is 0 Å². The second-order valence-electron chi connectivity index (χ2n) is 4.56. The first kappa shape index (κ1) is 14.2. The Morgan fingerprint density at radius 3 is 2.65 bits per heavy atom. The maximum absolute atomic E-state index is 11.8. The second-order valence-corrected chi connectivity index (χ2v) is 5.79. The predicted molar refractivity (Wildman–Crippen MR) is 72.7 cm³/mol. The molecule has 0 aliphatic heterocycles. The van der Waals surface area contributed by atoms with Crippen LogP contribution < -0.4 is 5.56 Å². The summed E-state index contributed by atoms with van der Waals surface area (Å²) in [5.41, 5.74) is -1.22. The fourth-order valence-electron chi connectivity index (χ4n) is 1.34. The highest BCUT2D eigenvalue weighted by atomic mass is 79.9. The van der Waals surface area contributed by atoms with Crippen LogP contribution in [-0.2, 0) is 6.54 Å². The Morgan fingerprint density at radius 1 is 1.59 bits per heavy atom. The number of hydrogen-bond acceptors (Lipinski definition) is 4. The number of pyridine rings is 1. The molecule has 1 heterocycles. The first-order chi connectivity index (χ1) is 7.76. The van der Waals surface area contributed by atoms with E-state index >= 15 is 0 Å². The van der Waals surface area contributed by atoms with E-state index in [9.17, 15) is 14.9 Å². The van der Waals surface area contributed by atoms with Gasteiger partial charge in [-0.05, 0) is 27.1 Å². The molecule has 0 spiro atoms. The van der Waals surface area contributed by atoms with Gasteiger partial charge in [0, 0.05) is 23.3 Å². The number of nitro groups is 1. The van der Waals surface area contributed by atoms with Crippen molar-refractivity contribution in [2.75, 3.05) is 5.75 Å². The predicted octanol–water partition coefficient (Wildman–Crippen LogP) is 2.48. The molecule has 0 saturated carbocycles. The van der Waals surface area contributed by atoms with E-state index in [1.807, 2.05) is 13.8 Å². The molecule has 0 amide bonds. The van der Waals surface area contributed by atoms with Gasteiger partial charge in [-0.15, -0.1) is 0 Å². The number of hydrogen-bond donors (Lipinski definition) is 1. The first-order valence-corrected chi connectivity index (χ1v) is 6.34. The summed E-state index contributed by atoms with van der Waals surface area (Å²) in [5, 5.41) is 10.7. The average Bonchev–Trinajstić information content (AvgIpc) is 2.22. The number of aromatic nitrogens is 1. The molecule has 7 heteroatoms. The zero-order valence-corrected chi connectivity index (χ0v) is 12.0. The third kappa shape index (κ3) is 3.57. The van der Waals surface area contributed by atoms with E-state index in [0.29, 0.717) is 16.8 Å². The molecular weight excluding hydrogens is 308 g/mol. The Balaban J connectivity index is 3.26. The molecule has 1 rings (SSSR count). The summed E-state index contributed by atoms with van der Waals surface area (Å²) in [7, 11) is 0. The van der Waals surface area contributed by atoms with Crippen LogP contribution >= 0.6 is 28.6 Å². The van der Waals surface area contributed by atoms with Gasteiger partial charge >= 0.3 is 11.2 Å². The van der Waals surface area contributed by atoms with Crippen LogP contribution in [0.25, 0.3) is 0 Å². The van der Waals surface area contributed by atoms with Crippen LogP contribution in [0.5, 0.6) is 0 Å². The van der Waals surface area contributed by atoms with Crippen molar-refractivity contribution < 1.29 is 4.92 Å². The SMILES string of the molecule is CC(C)(CS)Cn1cc(Br)cc([N+](=O)[O-])c1=O. The number of rotatable bonds is 4. The Morgan fingerprint density at radius 2 is 2.18 bits per heavy atom. The quantitative estimate of drug-likeness (QED) is 0.526. The van der Waals surface area contributed by atoms with Crippen molar-refractivity contribution in [3.63, 3.8) is 0 Å². The van der Waals surface area contributed by atoms with Crippen molar-refractivity contribution >= 4 is 34.2 Å². The number of nitrogens with zero attached hydrogens (tertiary/aromatic N) is 2. The van der Waals surface area contributed by atoms with E-state index in [1.54, 1.807) is 6.20 Å². The number of thiol groups is 1. The van der Waals surface area contributed by atoms with E-state index in [1.165, 1.54) is 10.6 Å². The lowest BCUT2D eigenvalue weighted by atomic mass is 9.96. The third-order valence-electron chi connectivity index (χ3n) is 2.26. The van der Waals surface area contributed by atoms with Crippen molar-refractivity contribution in [2.45, 2.75) is 20.4 Å². The Labute approximate surface area is 113 Å². The summed E-state index contributed by atoms with van der Waals surface area (Å²) in [4.78, 5) is 21.9. The third-order valence-corrected chi connectivity index (χ3v) is 3.55. The van der Waals surface area contributed by atoms with Crippen LogP contribution in [0.15, 0.2) is 21.5 Å². The van der Waals surface area contributed by atoms with Crippen molar-refractivity contribution in [3.05, 3.63) is 37.2 Å². The highest BCUT2D eigenvalue weighted by molar-refractivity contribution is 9.10. The Kier molecular flexibility index (Phi) is 4.37. The lowest BCUT2D eigenvalue weighted by molar-refractivity contribution is -0.386. The Bertz CT molecular complexity index is 499. The molecule has 0 bridgehead atoms. The molecule has 0 saturated heterocycles. The zero-order valence-electron chi connectivity index (χ0n) is 9.51. The molecule has 1 aromatic rings. The van der Waals surface area contributed by atoms with Crippen LogP contribution in [0.3, 0.4) is 0 Å². The molecule has 0 unspecified atom stereocenters. The summed E-state index contributed by atoms with van der Waals surface area (Å²) < 4.78 is 1.86. The minimum Gasteiger partial charge on any atom is -0.308 e. The van der Waals surface area contributed by atoms with Crippen molar-refractivity contribution in [1.29, 1.82) is 0 Å². The maximum Gasteiger partial charge on any atom is 0.335 e. The molecule has 1 aromatic heterocycles. The lowest BCUT2D eigenvalue weighted by Gasteiger charge is -2.22. The molecule has 5 nitrogen and oxygen atoms in total. The van der Waals surface area contributed by atoms with Crippen LogP contribution in [-0.4, -0.2) is 15.2 Å². The molecule has 17 heavy (non-hydrogen) atoms. The molecule has 0 radical (unpaired) electrons. The topological polar surface area (TPSA) is 65.1 Å². The van der Waals surface area contributed by atoms with Crippen LogP contribution in [0, 0.1) is 15.5 Å². The van der Waals surface area contributed by atoms with Gasteiger partial charge in [-0.2, -0.15) is 12.6 Å². The van der Waals surface area contributed by atoms with Gasteiger partial charge < -0.3 is 4.57 Å². The summed E-state index contributed by atoms with van der Waals surface area (Å²) >= 11 is 7.36. The van der Waals surface area contributed by atoms with Gasteiger partial charge in [-0.25, -0.2) is 0 Å². The molecule has 0 aromatic carbocycles. The highest BCUT2D eigenvalue weighted by Gasteiger charge is 2.21. The normalized spacial score (nSPS) is 11.5. The van der Waals surface area contributed by atoms with Crippen molar-refractivity contribution in [3.8, 4) is 0 Å². The molecular formula is C10H13BrN2O3S. The van der Waals surface area contributed by atoms with Gasteiger partial charge in [0.2, 0.25) is 0 Å².